The minimum absolute atomic E-state index is 0.0560. The van der Waals surface area contributed by atoms with Crippen molar-refractivity contribution in [3.8, 4) is 0 Å². The van der Waals surface area contributed by atoms with Gasteiger partial charge in [-0.2, -0.15) is 13.2 Å². The molecular weight excluding hydrogens is 459 g/mol. The van der Waals surface area contributed by atoms with Crippen LogP contribution in [0.3, 0.4) is 0 Å². The minimum atomic E-state index is -4.71. The lowest BCUT2D eigenvalue weighted by atomic mass is 10.1. The number of benzene rings is 2. The number of carbonyl (C=O) groups is 1. The lowest BCUT2D eigenvalue weighted by Gasteiger charge is -2.11. The Morgan fingerprint density at radius 3 is 2.59 bits per heavy atom. The van der Waals surface area contributed by atoms with Crippen molar-refractivity contribution in [2.24, 2.45) is 0 Å². The first-order chi connectivity index (χ1) is 16.0. The molecule has 0 radical (unpaired) electrons. The molecule has 10 nitrogen and oxygen atoms in total. The second-order valence-electron chi connectivity index (χ2n) is 7.72. The molecule has 0 aliphatic rings. The summed E-state index contributed by atoms with van der Waals surface area (Å²) in [7, 11) is 3.73. The highest BCUT2D eigenvalue weighted by Crippen LogP contribution is 2.34. The Hall–Kier alpha value is -3.87. The van der Waals surface area contributed by atoms with E-state index in [2.05, 4.69) is 10.6 Å². The maximum absolute atomic E-state index is 12.8. The zero-order valence-electron chi connectivity index (χ0n) is 18.3. The molecule has 3 rings (SSSR count). The number of nitrogens with one attached hydrogen (secondary N) is 2. The van der Waals surface area contributed by atoms with Gasteiger partial charge in [0.2, 0.25) is 5.91 Å². The van der Waals surface area contributed by atoms with Gasteiger partial charge in [0.05, 0.1) is 16.0 Å². The third-order valence-corrected chi connectivity index (χ3v) is 4.91. The van der Waals surface area contributed by atoms with E-state index in [1.165, 1.54) is 4.57 Å². The Morgan fingerprint density at radius 2 is 1.94 bits per heavy atom. The first-order valence-electron chi connectivity index (χ1n) is 10.1. The topological polar surface area (TPSA) is 123 Å². The van der Waals surface area contributed by atoms with E-state index < -0.39 is 34.0 Å². The molecule has 13 heteroatoms. The van der Waals surface area contributed by atoms with Crippen molar-refractivity contribution in [3.63, 3.8) is 0 Å². The predicted molar refractivity (Wildman–Crippen MR) is 119 cm³/mol. The fourth-order valence-electron chi connectivity index (χ4n) is 3.19. The second-order valence-corrected chi connectivity index (χ2v) is 7.72. The summed E-state index contributed by atoms with van der Waals surface area (Å²) in [5.74, 6) is -0.949. The van der Waals surface area contributed by atoms with Crippen LogP contribution in [0.1, 0.15) is 12.0 Å². The molecule has 2 N–H and O–H groups in total. The van der Waals surface area contributed by atoms with Crippen molar-refractivity contribution in [1.29, 1.82) is 0 Å². The van der Waals surface area contributed by atoms with Crippen LogP contribution in [0.5, 0.6) is 0 Å². The number of nitrogens with zero attached hydrogens (tertiary/aromatic N) is 3. The van der Waals surface area contributed by atoms with Gasteiger partial charge in [-0.25, -0.2) is 4.79 Å². The first-order valence-corrected chi connectivity index (χ1v) is 10.1. The molecule has 182 valence electrons. The standard InChI is InChI=1S/C21H22F3N5O5/c1-27(2)9-10-28-17-12-14(4-6-18(17)34-20(28)31)26-19(30)7-8-25-15-5-3-13(21(22,23)24)11-16(15)29(32)33/h3-6,11-12,25H,7-10H2,1-2H3,(H,26,30). The molecule has 0 aliphatic carbocycles. The lowest BCUT2D eigenvalue weighted by molar-refractivity contribution is -0.384. The van der Waals surface area contributed by atoms with Crippen LogP contribution >= 0.6 is 0 Å². The minimum Gasteiger partial charge on any atom is -0.408 e. The number of likely N-dealkylation sites (N-methyl/N-ethyl adjacent to an activating group) is 1. The number of fused-ring (bicyclic) bond motifs is 1. The molecule has 1 heterocycles. The Bertz CT molecular complexity index is 1270. The van der Waals surface area contributed by atoms with Gasteiger partial charge < -0.3 is 20.0 Å². The molecule has 0 spiro atoms. The smallest absolute Gasteiger partial charge is 0.408 e. The third-order valence-electron chi connectivity index (χ3n) is 4.91. The van der Waals surface area contributed by atoms with Gasteiger partial charge in [-0.1, -0.05) is 0 Å². The maximum atomic E-state index is 12.8. The van der Waals surface area contributed by atoms with Crippen molar-refractivity contribution in [1.82, 2.24) is 9.47 Å². The van der Waals surface area contributed by atoms with Crippen LogP contribution in [0.4, 0.5) is 30.2 Å². The number of anilines is 2. The highest BCUT2D eigenvalue weighted by atomic mass is 19.4. The number of rotatable bonds is 9. The lowest BCUT2D eigenvalue weighted by Crippen LogP contribution is -2.23. The van der Waals surface area contributed by atoms with Crippen molar-refractivity contribution in [3.05, 3.63) is 62.6 Å². The summed E-state index contributed by atoms with van der Waals surface area (Å²) in [5.41, 5.74) is -0.702. The van der Waals surface area contributed by atoms with Crippen LogP contribution < -0.4 is 16.4 Å². The number of nitro groups is 1. The average molecular weight is 481 g/mol. The highest BCUT2D eigenvalue weighted by Gasteiger charge is 2.33. The van der Waals surface area contributed by atoms with Gasteiger partial charge in [-0.05, 0) is 44.4 Å². The van der Waals surface area contributed by atoms with E-state index in [-0.39, 0.29) is 18.7 Å². The van der Waals surface area contributed by atoms with Crippen molar-refractivity contribution < 1.29 is 27.3 Å². The summed E-state index contributed by atoms with van der Waals surface area (Å²) < 4.78 is 45.1. The van der Waals surface area contributed by atoms with Crippen molar-refractivity contribution >= 4 is 34.1 Å². The summed E-state index contributed by atoms with van der Waals surface area (Å²) in [5, 5.41) is 16.4. The van der Waals surface area contributed by atoms with E-state index in [0.717, 1.165) is 12.1 Å². The van der Waals surface area contributed by atoms with Crippen LogP contribution in [0.2, 0.25) is 0 Å². The van der Waals surface area contributed by atoms with Crippen LogP contribution in [0.15, 0.2) is 45.6 Å². The molecule has 0 saturated heterocycles. The summed E-state index contributed by atoms with van der Waals surface area (Å²) in [4.78, 5) is 36.5. The monoisotopic (exact) mass is 481 g/mol. The van der Waals surface area contributed by atoms with Crippen LogP contribution in [-0.2, 0) is 17.5 Å². The quantitative estimate of drug-likeness (QED) is 0.354. The molecule has 1 aromatic heterocycles. The fourth-order valence-corrected chi connectivity index (χ4v) is 3.19. The summed E-state index contributed by atoms with van der Waals surface area (Å²) >= 11 is 0. The SMILES string of the molecule is CN(C)CCn1c(=O)oc2ccc(NC(=O)CCNc3ccc(C(F)(F)F)cc3[N+](=O)[O-])cc21. The average Bonchev–Trinajstić information content (AvgIpc) is 3.05. The number of oxazole rings is 1. The van der Waals surface area contributed by atoms with E-state index in [4.69, 9.17) is 4.42 Å². The normalized spacial score (nSPS) is 11.7. The molecule has 0 fully saturated rings. The molecule has 0 unspecified atom stereocenters. The number of amides is 1. The predicted octanol–water partition coefficient (Wildman–Crippen LogP) is 3.52. The molecular formula is C21H22F3N5O5. The number of hydrogen-bond donors (Lipinski definition) is 2. The second kappa shape index (κ2) is 9.95. The largest absolute Gasteiger partial charge is 0.419 e. The maximum Gasteiger partial charge on any atom is 0.419 e. The number of aromatic nitrogens is 1. The number of halogens is 3. The van der Waals surface area contributed by atoms with Gasteiger partial charge in [0, 0.05) is 37.8 Å². The Balaban J connectivity index is 1.65. The first kappa shape index (κ1) is 24.8. The number of alkyl halides is 3. The molecule has 34 heavy (non-hydrogen) atoms. The van der Waals surface area contributed by atoms with E-state index in [0.29, 0.717) is 35.9 Å². The van der Waals surface area contributed by atoms with Gasteiger partial charge >= 0.3 is 11.9 Å². The van der Waals surface area contributed by atoms with E-state index in [9.17, 15) is 32.9 Å². The van der Waals surface area contributed by atoms with Crippen molar-refractivity contribution in [2.45, 2.75) is 19.1 Å². The molecule has 3 aromatic rings. The zero-order valence-corrected chi connectivity index (χ0v) is 18.3. The molecule has 0 bridgehead atoms. The summed E-state index contributed by atoms with van der Waals surface area (Å²) in [6.07, 6.45) is -4.83. The Morgan fingerprint density at radius 1 is 1.21 bits per heavy atom. The van der Waals surface area contributed by atoms with E-state index in [1.54, 1.807) is 18.2 Å². The van der Waals surface area contributed by atoms with Gasteiger partial charge in [0.15, 0.2) is 5.58 Å². The summed E-state index contributed by atoms with van der Waals surface area (Å²) in [6, 6.07) is 6.85. The number of nitro benzene ring substituents is 1. The summed E-state index contributed by atoms with van der Waals surface area (Å²) in [6.45, 7) is 0.943. The van der Waals surface area contributed by atoms with E-state index in [1.807, 2.05) is 19.0 Å². The van der Waals surface area contributed by atoms with Crippen LogP contribution in [-0.4, -0.2) is 47.5 Å². The number of carbonyl (C=O) groups excluding carboxylic acids is 1. The van der Waals surface area contributed by atoms with Gasteiger partial charge in [0.25, 0.3) is 5.69 Å². The third kappa shape index (κ3) is 5.92. The van der Waals surface area contributed by atoms with Crippen LogP contribution in [0, 0.1) is 10.1 Å². The molecule has 2 aromatic carbocycles. The molecule has 0 aliphatic heterocycles. The van der Waals surface area contributed by atoms with E-state index >= 15 is 0 Å². The number of hydrogen-bond acceptors (Lipinski definition) is 7. The van der Waals surface area contributed by atoms with Crippen LogP contribution in [0.25, 0.3) is 11.1 Å². The van der Waals surface area contributed by atoms with Gasteiger partial charge in [-0.3, -0.25) is 19.5 Å². The Kier molecular flexibility index (Phi) is 7.25. The highest BCUT2D eigenvalue weighted by molar-refractivity contribution is 5.93. The zero-order chi connectivity index (χ0) is 25.0. The molecule has 0 atom stereocenters. The van der Waals surface area contributed by atoms with Crippen molar-refractivity contribution in [2.75, 3.05) is 37.8 Å². The molecule has 1 amide bonds. The van der Waals surface area contributed by atoms with Gasteiger partial charge in [-0.15, -0.1) is 0 Å². The molecule has 0 saturated carbocycles. The Labute approximate surface area is 191 Å². The van der Waals surface area contributed by atoms with Gasteiger partial charge in [0.1, 0.15) is 5.69 Å². The fraction of sp³-hybridized carbons (Fsp3) is 0.333.